The zero-order valence-corrected chi connectivity index (χ0v) is 16.7. The maximum atomic E-state index is 12.1. The minimum absolute atomic E-state index is 0.00660. The highest BCUT2D eigenvalue weighted by Crippen LogP contribution is 2.27. The third-order valence-electron chi connectivity index (χ3n) is 4.66. The molecule has 28 heavy (non-hydrogen) atoms. The molecule has 1 aromatic carbocycles. The minimum Gasteiger partial charge on any atom is -0.465 e. The van der Waals surface area contributed by atoms with Gasteiger partial charge in [-0.15, -0.1) is 0 Å². The number of carbonyl (C=O) groups excluding carboxylic acids is 3. The average molecular weight is 397 g/mol. The van der Waals surface area contributed by atoms with Crippen molar-refractivity contribution in [2.45, 2.75) is 20.8 Å². The van der Waals surface area contributed by atoms with Crippen LogP contribution in [0.15, 0.2) is 29.8 Å². The Balaban J connectivity index is 2.11. The van der Waals surface area contributed by atoms with Gasteiger partial charge >= 0.3 is 5.97 Å². The molecule has 0 atom stereocenters. The molecule has 0 saturated carbocycles. The van der Waals surface area contributed by atoms with E-state index < -0.39 is 17.8 Å². The van der Waals surface area contributed by atoms with Gasteiger partial charge in [0, 0.05) is 17.1 Å². The van der Waals surface area contributed by atoms with Gasteiger partial charge in [0.05, 0.1) is 12.7 Å². The van der Waals surface area contributed by atoms with E-state index in [0.717, 1.165) is 22.6 Å². The van der Waals surface area contributed by atoms with Gasteiger partial charge < -0.3 is 9.30 Å². The maximum Gasteiger partial charge on any atom is 0.338 e. The van der Waals surface area contributed by atoms with Crippen LogP contribution in [0.5, 0.6) is 0 Å². The fourth-order valence-corrected chi connectivity index (χ4v) is 3.45. The van der Waals surface area contributed by atoms with E-state index in [0.29, 0.717) is 11.1 Å². The van der Waals surface area contributed by atoms with E-state index in [-0.39, 0.29) is 10.7 Å². The van der Waals surface area contributed by atoms with Crippen LogP contribution in [0, 0.1) is 20.8 Å². The molecular formula is C20H19N3O4S. The van der Waals surface area contributed by atoms with Crippen LogP contribution in [0.25, 0.3) is 11.8 Å². The van der Waals surface area contributed by atoms with Crippen molar-refractivity contribution in [1.29, 1.82) is 0 Å². The number of nitrogens with one attached hydrogen (secondary N) is 2. The van der Waals surface area contributed by atoms with Crippen LogP contribution in [-0.4, -0.2) is 34.6 Å². The van der Waals surface area contributed by atoms with Crippen molar-refractivity contribution in [3.8, 4) is 5.69 Å². The SMILES string of the molecule is COC(=O)c1cccc(-n2c(C)cc(C=C3C(=O)NC(=S)NC3=O)c2C)c1C. The van der Waals surface area contributed by atoms with Gasteiger partial charge in [0.25, 0.3) is 11.8 Å². The molecule has 0 spiro atoms. The fraction of sp³-hybridized carbons (Fsp3) is 0.200. The summed E-state index contributed by atoms with van der Waals surface area (Å²) in [5, 5.41) is 4.84. The Kier molecular flexibility index (Phi) is 5.15. The zero-order chi connectivity index (χ0) is 20.6. The summed E-state index contributed by atoms with van der Waals surface area (Å²) in [5.41, 5.74) is 4.48. The lowest BCUT2D eigenvalue weighted by Crippen LogP contribution is -2.51. The Morgan fingerprint density at radius 2 is 1.79 bits per heavy atom. The predicted molar refractivity (Wildman–Crippen MR) is 108 cm³/mol. The van der Waals surface area contributed by atoms with Crippen LogP contribution >= 0.6 is 12.2 Å². The van der Waals surface area contributed by atoms with Gasteiger partial charge in [-0.2, -0.15) is 0 Å². The first-order valence-electron chi connectivity index (χ1n) is 8.50. The molecule has 1 saturated heterocycles. The highest BCUT2D eigenvalue weighted by Gasteiger charge is 2.26. The van der Waals surface area contributed by atoms with E-state index in [2.05, 4.69) is 10.6 Å². The normalized spacial score (nSPS) is 13.9. The molecule has 2 N–H and O–H groups in total. The summed E-state index contributed by atoms with van der Waals surface area (Å²) >= 11 is 4.82. The Bertz CT molecular complexity index is 1040. The molecular weight excluding hydrogens is 378 g/mol. The Morgan fingerprint density at radius 3 is 2.39 bits per heavy atom. The van der Waals surface area contributed by atoms with Gasteiger partial charge in [0.15, 0.2) is 5.11 Å². The zero-order valence-electron chi connectivity index (χ0n) is 15.9. The summed E-state index contributed by atoms with van der Waals surface area (Å²) in [6, 6.07) is 7.27. The summed E-state index contributed by atoms with van der Waals surface area (Å²) in [5.74, 6) is -1.49. The van der Waals surface area contributed by atoms with Crippen LogP contribution < -0.4 is 10.6 Å². The highest BCUT2D eigenvalue weighted by atomic mass is 32.1. The first-order valence-corrected chi connectivity index (χ1v) is 8.91. The number of methoxy groups -OCH3 is 1. The molecule has 0 aliphatic carbocycles. The number of ether oxygens (including phenoxy) is 1. The molecule has 0 unspecified atom stereocenters. The number of thiocarbonyl (C=S) groups is 1. The van der Waals surface area contributed by atoms with Gasteiger partial charge in [0.2, 0.25) is 0 Å². The van der Waals surface area contributed by atoms with Crippen molar-refractivity contribution in [1.82, 2.24) is 15.2 Å². The maximum absolute atomic E-state index is 12.1. The standard InChI is InChI=1S/C20H19N3O4S/c1-10-8-13(9-15-17(24)21-20(28)22-18(15)25)12(3)23(10)16-7-5-6-14(11(16)2)19(26)27-4/h5-9H,1-4H3,(H2,21,22,24,25,28). The first-order chi connectivity index (χ1) is 13.2. The first kappa shape index (κ1) is 19.5. The van der Waals surface area contributed by atoms with Crippen LogP contribution in [0.3, 0.4) is 0 Å². The smallest absolute Gasteiger partial charge is 0.338 e. The molecule has 1 aliphatic heterocycles. The third kappa shape index (κ3) is 3.34. The van der Waals surface area contributed by atoms with E-state index >= 15 is 0 Å². The molecule has 1 aromatic heterocycles. The number of aryl methyl sites for hydroxylation is 1. The highest BCUT2D eigenvalue weighted by molar-refractivity contribution is 7.80. The van der Waals surface area contributed by atoms with Gasteiger partial charge in [0.1, 0.15) is 5.57 Å². The number of esters is 1. The lowest BCUT2D eigenvalue weighted by molar-refractivity contribution is -0.123. The van der Waals surface area contributed by atoms with Crippen molar-refractivity contribution in [2.24, 2.45) is 0 Å². The molecule has 8 heteroatoms. The summed E-state index contributed by atoms with van der Waals surface area (Å²) in [4.78, 5) is 36.2. The fourth-order valence-electron chi connectivity index (χ4n) is 3.26. The number of amides is 2. The number of hydrogen-bond donors (Lipinski definition) is 2. The van der Waals surface area contributed by atoms with E-state index in [1.165, 1.54) is 13.2 Å². The number of rotatable bonds is 3. The number of hydrogen-bond acceptors (Lipinski definition) is 5. The number of nitrogens with zero attached hydrogens (tertiary/aromatic N) is 1. The summed E-state index contributed by atoms with van der Waals surface area (Å²) < 4.78 is 6.82. The van der Waals surface area contributed by atoms with Crippen molar-refractivity contribution in [3.63, 3.8) is 0 Å². The van der Waals surface area contributed by atoms with E-state index in [1.807, 2.05) is 37.5 Å². The van der Waals surface area contributed by atoms with E-state index in [9.17, 15) is 14.4 Å². The molecule has 1 fully saturated rings. The summed E-state index contributed by atoms with van der Waals surface area (Å²) in [7, 11) is 1.34. The lowest BCUT2D eigenvalue weighted by Gasteiger charge is -2.17. The molecule has 144 valence electrons. The van der Waals surface area contributed by atoms with Crippen molar-refractivity contribution in [3.05, 3.63) is 57.9 Å². The second kappa shape index (κ2) is 7.40. The third-order valence-corrected chi connectivity index (χ3v) is 4.87. The van der Waals surface area contributed by atoms with Gasteiger partial charge in [-0.3, -0.25) is 20.2 Å². The van der Waals surface area contributed by atoms with Crippen molar-refractivity contribution < 1.29 is 19.1 Å². The predicted octanol–water partition coefficient (Wildman–Crippen LogP) is 2.10. The second-order valence-corrected chi connectivity index (χ2v) is 6.81. The molecule has 0 radical (unpaired) electrons. The van der Waals surface area contributed by atoms with E-state index in [1.54, 1.807) is 12.1 Å². The van der Waals surface area contributed by atoms with Gasteiger partial charge in [-0.1, -0.05) is 6.07 Å². The number of carbonyl (C=O) groups is 3. The Morgan fingerprint density at radius 1 is 1.14 bits per heavy atom. The molecule has 2 amide bonds. The lowest BCUT2D eigenvalue weighted by atomic mass is 10.1. The monoisotopic (exact) mass is 397 g/mol. The molecule has 2 heterocycles. The quantitative estimate of drug-likeness (QED) is 0.358. The minimum atomic E-state index is -0.539. The van der Waals surface area contributed by atoms with Crippen LogP contribution in [0.2, 0.25) is 0 Å². The second-order valence-electron chi connectivity index (χ2n) is 6.40. The molecule has 0 bridgehead atoms. The van der Waals surface area contributed by atoms with Crippen molar-refractivity contribution in [2.75, 3.05) is 7.11 Å². The topological polar surface area (TPSA) is 89.4 Å². The molecule has 1 aliphatic rings. The van der Waals surface area contributed by atoms with Gasteiger partial charge in [-0.05, 0) is 68.4 Å². The summed E-state index contributed by atoms with van der Waals surface area (Å²) in [6.45, 7) is 5.64. The molecule has 3 rings (SSSR count). The molecule has 7 nitrogen and oxygen atoms in total. The van der Waals surface area contributed by atoms with Crippen molar-refractivity contribution >= 4 is 41.2 Å². The van der Waals surface area contributed by atoms with Crippen LogP contribution in [-0.2, 0) is 14.3 Å². The largest absolute Gasteiger partial charge is 0.465 e. The molecule has 2 aromatic rings. The number of aromatic nitrogens is 1. The Hall–Kier alpha value is -3.26. The van der Waals surface area contributed by atoms with Crippen LogP contribution in [0.1, 0.15) is 32.9 Å². The van der Waals surface area contributed by atoms with Gasteiger partial charge in [-0.25, -0.2) is 4.79 Å². The van der Waals surface area contributed by atoms with Crippen LogP contribution in [0.4, 0.5) is 0 Å². The Labute approximate surface area is 167 Å². The summed E-state index contributed by atoms with van der Waals surface area (Å²) in [6.07, 6.45) is 1.53. The van der Waals surface area contributed by atoms with E-state index in [4.69, 9.17) is 17.0 Å². The number of benzene rings is 1. The average Bonchev–Trinajstić information content (AvgIpc) is 2.91.